The van der Waals surface area contributed by atoms with Crippen molar-refractivity contribution in [1.29, 1.82) is 0 Å². The molecule has 2 rings (SSSR count). The molecule has 96 valence electrons. The summed E-state index contributed by atoms with van der Waals surface area (Å²) >= 11 is 5.34. The third kappa shape index (κ3) is 3.58. The molecule has 0 N–H and O–H groups in total. The lowest BCUT2D eigenvalue weighted by molar-refractivity contribution is 0.100. The predicted molar refractivity (Wildman–Crippen MR) is 83.0 cm³/mol. The number of hydrogen-bond donors (Lipinski definition) is 0. The van der Waals surface area contributed by atoms with Crippen molar-refractivity contribution in [2.75, 3.05) is 0 Å². The van der Waals surface area contributed by atoms with E-state index in [1.165, 1.54) is 5.56 Å². The predicted octanol–water partition coefficient (Wildman–Crippen LogP) is 4.29. The average molecular weight is 268 g/mol. The van der Waals surface area contributed by atoms with E-state index in [1.807, 2.05) is 62.4 Å². The Bertz CT molecular complexity index is 539. The number of carbonyl (C=O) groups is 1. The molecule has 0 fully saturated rings. The number of rotatable bonds is 4. The van der Waals surface area contributed by atoms with Gasteiger partial charge in [-0.2, -0.15) is 0 Å². The first kappa shape index (κ1) is 13.6. The van der Waals surface area contributed by atoms with Crippen LogP contribution in [0.15, 0.2) is 48.5 Å². The summed E-state index contributed by atoms with van der Waals surface area (Å²) in [6, 6.07) is 15.6. The minimum atomic E-state index is 0.0746. The van der Waals surface area contributed by atoms with Gasteiger partial charge in [-0.25, -0.2) is 0 Å². The minimum absolute atomic E-state index is 0.0746. The van der Waals surface area contributed by atoms with Gasteiger partial charge in [0.05, 0.1) is 0 Å². The summed E-state index contributed by atoms with van der Waals surface area (Å²) in [5, 5.41) is 0. The van der Waals surface area contributed by atoms with Crippen LogP contribution in [0.3, 0.4) is 0 Å². The Morgan fingerprint density at radius 3 is 1.74 bits per heavy atom. The maximum atomic E-state index is 12.1. The van der Waals surface area contributed by atoms with Crippen molar-refractivity contribution in [2.24, 2.45) is 0 Å². The monoisotopic (exact) mass is 268 g/mol. The van der Waals surface area contributed by atoms with Gasteiger partial charge in [0.15, 0.2) is 5.78 Å². The van der Waals surface area contributed by atoms with E-state index >= 15 is 0 Å². The second-order valence-corrected chi connectivity index (χ2v) is 5.25. The highest BCUT2D eigenvalue weighted by Crippen LogP contribution is 2.12. The van der Waals surface area contributed by atoms with Crippen LogP contribution in [-0.4, -0.2) is 10.6 Å². The van der Waals surface area contributed by atoms with Crippen molar-refractivity contribution in [3.05, 3.63) is 70.8 Å². The second kappa shape index (κ2) is 5.89. The first-order chi connectivity index (χ1) is 9.06. The van der Waals surface area contributed by atoms with E-state index in [2.05, 4.69) is 0 Å². The number of hydrogen-bond acceptors (Lipinski definition) is 2. The lowest BCUT2D eigenvalue weighted by Gasteiger charge is -2.05. The summed E-state index contributed by atoms with van der Waals surface area (Å²) in [5.74, 6) is 0.0746. The fraction of sp³-hybridized carbons (Fsp3) is 0.176. The number of benzene rings is 2. The molecule has 0 heterocycles. The van der Waals surface area contributed by atoms with Crippen LogP contribution in [0, 0.1) is 13.8 Å². The molecule has 0 amide bonds. The molecule has 1 nitrogen and oxygen atoms in total. The molecule has 19 heavy (non-hydrogen) atoms. The standard InChI is InChI=1S/C17H16OS/c1-12-3-7-14(8-4-12)16(18)11-17(19)15-9-5-13(2)6-10-15/h3-10H,11H2,1-2H3. The van der Waals surface area contributed by atoms with Gasteiger partial charge < -0.3 is 0 Å². The van der Waals surface area contributed by atoms with Gasteiger partial charge in [0.2, 0.25) is 0 Å². The zero-order chi connectivity index (χ0) is 13.8. The molecule has 0 aromatic heterocycles. The molecule has 0 bridgehead atoms. The molecule has 0 atom stereocenters. The Morgan fingerprint density at radius 2 is 1.26 bits per heavy atom. The normalized spacial score (nSPS) is 10.2. The summed E-state index contributed by atoms with van der Waals surface area (Å²) in [4.78, 5) is 12.8. The summed E-state index contributed by atoms with van der Waals surface area (Å²) in [7, 11) is 0. The fourth-order valence-corrected chi connectivity index (χ4v) is 2.10. The second-order valence-electron chi connectivity index (χ2n) is 4.76. The van der Waals surface area contributed by atoms with Gasteiger partial charge in [-0.15, -0.1) is 0 Å². The molecule has 0 saturated heterocycles. The zero-order valence-corrected chi connectivity index (χ0v) is 12.0. The van der Waals surface area contributed by atoms with Crippen LogP contribution in [-0.2, 0) is 0 Å². The number of Topliss-reactive ketones (excluding diaryl/α,β-unsaturated/α-hetero) is 1. The van der Waals surface area contributed by atoms with Gasteiger partial charge in [0, 0.05) is 16.8 Å². The van der Waals surface area contributed by atoms with E-state index in [1.54, 1.807) is 0 Å². The Kier molecular flexibility index (Phi) is 4.23. The summed E-state index contributed by atoms with van der Waals surface area (Å²) in [6.07, 6.45) is 0.293. The summed E-state index contributed by atoms with van der Waals surface area (Å²) in [5.41, 5.74) is 4.02. The minimum Gasteiger partial charge on any atom is -0.294 e. The van der Waals surface area contributed by atoms with E-state index < -0.39 is 0 Å². The van der Waals surface area contributed by atoms with Crippen molar-refractivity contribution in [3.8, 4) is 0 Å². The first-order valence-electron chi connectivity index (χ1n) is 6.26. The van der Waals surface area contributed by atoms with Crippen LogP contribution in [0.2, 0.25) is 0 Å². The van der Waals surface area contributed by atoms with E-state index in [9.17, 15) is 4.79 Å². The highest BCUT2D eigenvalue weighted by Gasteiger charge is 2.10. The fourth-order valence-electron chi connectivity index (χ4n) is 1.83. The SMILES string of the molecule is Cc1ccc(C(=O)CC(=S)c2ccc(C)cc2)cc1. The van der Waals surface area contributed by atoms with Crippen LogP contribution < -0.4 is 0 Å². The van der Waals surface area contributed by atoms with E-state index in [0.29, 0.717) is 11.3 Å². The van der Waals surface area contributed by atoms with Crippen molar-refractivity contribution >= 4 is 22.9 Å². The van der Waals surface area contributed by atoms with Crippen LogP contribution in [0.25, 0.3) is 0 Å². The van der Waals surface area contributed by atoms with Crippen molar-refractivity contribution < 1.29 is 4.79 Å². The molecule has 0 unspecified atom stereocenters. The number of aryl methyl sites for hydroxylation is 2. The maximum absolute atomic E-state index is 12.1. The Hall–Kier alpha value is -1.80. The maximum Gasteiger partial charge on any atom is 0.168 e. The summed E-state index contributed by atoms with van der Waals surface area (Å²) < 4.78 is 0. The third-order valence-electron chi connectivity index (χ3n) is 3.07. The molecule has 0 spiro atoms. The molecule has 2 heteroatoms. The highest BCUT2D eigenvalue weighted by molar-refractivity contribution is 7.80. The van der Waals surface area contributed by atoms with Crippen molar-refractivity contribution in [2.45, 2.75) is 20.3 Å². The van der Waals surface area contributed by atoms with Gasteiger partial charge in [0.1, 0.15) is 0 Å². The molecule has 0 aliphatic carbocycles. The third-order valence-corrected chi connectivity index (χ3v) is 3.45. The molecule has 0 radical (unpaired) electrons. The number of carbonyl (C=O) groups excluding carboxylic acids is 1. The lowest BCUT2D eigenvalue weighted by Crippen LogP contribution is -2.07. The molecular weight excluding hydrogens is 252 g/mol. The van der Waals surface area contributed by atoms with Gasteiger partial charge in [-0.1, -0.05) is 71.9 Å². The first-order valence-corrected chi connectivity index (χ1v) is 6.67. The topological polar surface area (TPSA) is 17.1 Å². The molecule has 0 aliphatic rings. The van der Waals surface area contributed by atoms with Gasteiger partial charge in [-0.3, -0.25) is 4.79 Å². The lowest BCUT2D eigenvalue weighted by atomic mass is 10.0. The van der Waals surface area contributed by atoms with Gasteiger partial charge >= 0.3 is 0 Å². The highest BCUT2D eigenvalue weighted by atomic mass is 32.1. The Morgan fingerprint density at radius 1 is 0.842 bits per heavy atom. The number of thiocarbonyl (C=S) groups is 1. The van der Waals surface area contributed by atoms with E-state index in [4.69, 9.17) is 12.2 Å². The molecule has 2 aromatic carbocycles. The quantitative estimate of drug-likeness (QED) is 0.607. The van der Waals surface area contributed by atoms with Gasteiger partial charge in [0.25, 0.3) is 0 Å². The van der Waals surface area contributed by atoms with Crippen molar-refractivity contribution in [1.82, 2.24) is 0 Å². The largest absolute Gasteiger partial charge is 0.294 e. The van der Waals surface area contributed by atoms with Crippen LogP contribution >= 0.6 is 12.2 Å². The smallest absolute Gasteiger partial charge is 0.168 e. The molecular formula is C17H16OS. The summed E-state index contributed by atoms with van der Waals surface area (Å²) in [6.45, 7) is 4.04. The molecule has 0 saturated carbocycles. The van der Waals surface area contributed by atoms with E-state index in [-0.39, 0.29) is 5.78 Å². The molecule has 0 aliphatic heterocycles. The Balaban J connectivity index is 2.08. The van der Waals surface area contributed by atoms with Crippen LogP contribution in [0.4, 0.5) is 0 Å². The van der Waals surface area contributed by atoms with Crippen molar-refractivity contribution in [3.63, 3.8) is 0 Å². The van der Waals surface area contributed by atoms with Gasteiger partial charge in [-0.05, 0) is 19.4 Å². The van der Waals surface area contributed by atoms with Crippen LogP contribution in [0.5, 0.6) is 0 Å². The average Bonchev–Trinajstić information content (AvgIpc) is 2.40. The molecule has 2 aromatic rings. The van der Waals surface area contributed by atoms with E-state index in [0.717, 1.165) is 16.7 Å². The zero-order valence-electron chi connectivity index (χ0n) is 11.1. The Labute approximate surface area is 119 Å². The van der Waals surface area contributed by atoms with Crippen LogP contribution in [0.1, 0.15) is 33.5 Å². The number of ketones is 1.